The van der Waals surface area contributed by atoms with Crippen LogP contribution in [0.15, 0.2) is 211 Å². The highest BCUT2D eigenvalue weighted by Gasteiger charge is 2.66. The zero-order valence-electron chi connectivity index (χ0n) is 29.1. The number of allylic oxidation sites excluding steroid dienone is 8. The van der Waals surface area contributed by atoms with E-state index in [0.717, 1.165) is 0 Å². The maximum Gasteiger partial charge on any atom is 0.0552 e. The summed E-state index contributed by atoms with van der Waals surface area (Å²) in [5.41, 5.74) is 12.2. The molecule has 0 spiro atoms. The molecule has 2 unspecified atom stereocenters. The van der Waals surface area contributed by atoms with Crippen molar-refractivity contribution in [1.82, 2.24) is 0 Å². The van der Waals surface area contributed by atoms with Gasteiger partial charge in [-0.25, -0.2) is 0 Å². The summed E-state index contributed by atoms with van der Waals surface area (Å²) in [6.07, 6.45) is 7.51. The standard InChI is InChI=1S/C50H42/c1-37-34-35-48(3,38(37)2)50(43-30-18-8-19-31-43,44-32-20-9-21-33-44)49(42-28-16-7-17-29-42)36-45(39-22-10-4-11-23-39)46(40-24-12-5-13-25-40)47(49)41-26-14-6-15-27-41/h4-36H,1-3H3. The minimum atomic E-state index is -0.695. The Kier molecular flexibility index (Phi) is 7.96. The van der Waals surface area contributed by atoms with Crippen molar-refractivity contribution in [3.63, 3.8) is 0 Å². The minimum Gasteiger partial charge on any atom is -0.0730 e. The van der Waals surface area contributed by atoms with Gasteiger partial charge in [0.15, 0.2) is 0 Å². The maximum atomic E-state index is 2.66. The van der Waals surface area contributed by atoms with Gasteiger partial charge in [-0.15, -0.1) is 0 Å². The number of benzene rings is 6. The van der Waals surface area contributed by atoms with Gasteiger partial charge in [0.25, 0.3) is 0 Å². The summed E-state index contributed by atoms with van der Waals surface area (Å²) in [5.74, 6) is 0. The SMILES string of the molecule is CC1=C(C)C(C)(C(c2ccccc2)(c2ccccc2)C2(c3ccccc3)C=C(c3ccccc3)C(c3ccccc3)=C2c2ccccc2)C=C1. The molecule has 6 aromatic rings. The van der Waals surface area contributed by atoms with Crippen molar-refractivity contribution in [2.24, 2.45) is 5.41 Å². The molecule has 0 saturated carbocycles. The Morgan fingerprint density at radius 1 is 0.460 bits per heavy atom. The van der Waals surface area contributed by atoms with Crippen LogP contribution < -0.4 is 0 Å². The highest BCUT2D eigenvalue weighted by molar-refractivity contribution is 6.22. The average molecular weight is 643 g/mol. The van der Waals surface area contributed by atoms with Gasteiger partial charge in [0, 0.05) is 5.41 Å². The molecule has 2 aliphatic rings. The molecule has 0 fully saturated rings. The van der Waals surface area contributed by atoms with E-state index >= 15 is 0 Å². The minimum absolute atomic E-state index is 0.430. The van der Waals surface area contributed by atoms with Crippen LogP contribution >= 0.6 is 0 Å². The summed E-state index contributed by atoms with van der Waals surface area (Å²) in [5, 5.41) is 0. The molecule has 6 aromatic carbocycles. The topological polar surface area (TPSA) is 0 Å². The van der Waals surface area contributed by atoms with Gasteiger partial charge in [-0.1, -0.05) is 218 Å². The van der Waals surface area contributed by atoms with Crippen molar-refractivity contribution >= 4 is 16.7 Å². The Morgan fingerprint density at radius 2 is 0.880 bits per heavy atom. The molecule has 0 saturated heterocycles. The van der Waals surface area contributed by atoms with Gasteiger partial charge < -0.3 is 0 Å². The molecule has 0 bridgehead atoms. The molecule has 242 valence electrons. The fourth-order valence-electron chi connectivity index (χ4n) is 9.23. The molecule has 0 aromatic heterocycles. The van der Waals surface area contributed by atoms with Crippen molar-refractivity contribution in [3.8, 4) is 0 Å². The van der Waals surface area contributed by atoms with Crippen LogP contribution in [-0.2, 0) is 10.8 Å². The third-order valence-electron chi connectivity index (χ3n) is 11.5. The van der Waals surface area contributed by atoms with E-state index in [2.05, 4.69) is 221 Å². The molecular weight excluding hydrogens is 601 g/mol. The fourth-order valence-corrected chi connectivity index (χ4v) is 9.23. The second kappa shape index (κ2) is 12.6. The van der Waals surface area contributed by atoms with Crippen molar-refractivity contribution in [1.29, 1.82) is 0 Å². The zero-order chi connectivity index (χ0) is 34.2. The van der Waals surface area contributed by atoms with Crippen LogP contribution in [0.3, 0.4) is 0 Å². The fraction of sp³-hybridized carbons (Fsp3) is 0.120. The lowest BCUT2D eigenvalue weighted by atomic mass is 9.41. The van der Waals surface area contributed by atoms with Gasteiger partial charge >= 0.3 is 0 Å². The van der Waals surface area contributed by atoms with E-state index in [-0.39, 0.29) is 0 Å². The van der Waals surface area contributed by atoms with Crippen molar-refractivity contribution in [2.75, 3.05) is 0 Å². The van der Waals surface area contributed by atoms with E-state index < -0.39 is 16.2 Å². The molecule has 50 heavy (non-hydrogen) atoms. The van der Waals surface area contributed by atoms with Gasteiger partial charge in [-0.05, 0) is 63.9 Å². The second-order valence-electron chi connectivity index (χ2n) is 13.9. The molecule has 0 aliphatic heterocycles. The van der Waals surface area contributed by atoms with Crippen molar-refractivity contribution in [3.05, 3.63) is 245 Å². The quantitative estimate of drug-likeness (QED) is 0.155. The van der Waals surface area contributed by atoms with Crippen LogP contribution in [0.2, 0.25) is 0 Å². The Balaban J connectivity index is 1.70. The van der Waals surface area contributed by atoms with Crippen LogP contribution in [0.5, 0.6) is 0 Å². The van der Waals surface area contributed by atoms with Gasteiger partial charge in [0.1, 0.15) is 0 Å². The van der Waals surface area contributed by atoms with Crippen LogP contribution in [0.4, 0.5) is 0 Å². The van der Waals surface area contributed by atoms with E-state index in [0.29, 0.717) is 0 Å². The zero-order valence-corrected chi connectivity index (χ0v) is 29.1. The molecule has 8 rings (SSSR count). The van der Waals surface area contributed by atoms with Gasteiger partial charge in [0.05, 0.1) is 10.8 Å². The smallest absolute Gasteiger partial charge is 0.0552 e. The first-order valence-electron chi connectivity index (χ1n) is 17.7. The molecule has 2 aliphatic carbocycles. The first-order chi connectivity index (χ1) is 24.5. The Morgan fingerprint density at radius 3 is 1.34 bits per heavy atom. The van der Waals surface area contributed by atoms with Crippen molar-refractivity contribution in [2.45, 2.75) is 31.6 Å². The van der Waals surface area contributed by atoms with E-state index in [9.17, 15) is 0 Å². The summed E-state index contributed by atoms with van der Waals surface area (Å²) >= 11 is 0. The summed E-state index contributed by atoms with van der Waals surface area (Å²) in [6, 6.07) is 67.2. The molecule has 2 atom stereocenters. The molecule has 0 radical (unpaired) electrons. The van der Waals surface area contributed by atoms with Gasteiger partial charge in [0.2, 0.25) is 0 Å². The van der Waals surface area contributed by atoms with E-state index in [1.165, 1.54) is 61.2 Å². The van der Waals surface area contributed by atoms with Crippen molar-refractivity contribution < 1.29 is 0 Å². The molecule has 0 heterocycles. The Labute approximate surface area is 297 Å². The summed E-state index contributed by atoms with van der Waals surface area (Å²) in [4.78, 5) is 0. The first-order valence-corrected chi connectivity index (χ1v) is 17.7. The number of rotatable bonds is 8. The Hall–Kier alpha value is -5.72. The lowest BCUT2D eigenvalue weighted by Gasteiger charge is -2.59. The Bertz CT molecular complexity index is 2200. The lowest BCUT2D eigenvalue weighted by molar-refractivity contribution is 0.229. The second-order valence-corrected chi connectivity index (χ2v) is 13.9. The molecule has 0 amide bonds. The van der Waals surface area contributed by atoms with Crippen LogP contribution in [-0.4, -0.2) is 0 Å². The lowest BCUT2D eigenvalue weighted by Crippen LogP contribution is -2.58. The summed E-state index contributed by atoms with van der Waals surface area (Å²) in [6.45, 7) is 7.12. The first kappa shape index (κ1) is 31.5. The van der Waals surface area contributed by atoms with E-state index in [4.69, 9.17) is 0 Å². The average Bonchev–Trinajstić information content (AvgIpc) is 3.69. The monoisotopic (exact) mass is 642 g/mol. The van der Waals surface area contributed by atoms with Gasteiger partial charge in [-0.2, -0.15) is 0 Å². The highest BCUT2D eigenvalue weighted by Crippen LogP contribution is 2.71. The van der Waals surface area contributed by atoms with Crippen LogP contribution in [0.25, 0.3) is 16.7 Å². The molecule has 0 heteroatoms. The summed E-state index contributed by atoms with van der Waals surface area (Å²) in [7, 11) is 0. The number of hydrogen-bond acceptors (Lipinski definition) is 0. The third kappa shape index (κ3) is 4.59. The predicted molar refractivity (Wildman–Crippen MR) is 212 cm³/mol. The normalized spacial score (nSPS) is 20.3. The third-order valence-corrected chi connectivity index (χ3v) is 11.5. The van der Waals surface area contributed by atoms with E-state index in [1.807, 2.05) is 0 Å². The highest BCUT2D eigenvalue weighted by atomic mass is 14.7. The number of hydrogen-bond donors (Lipinski definition) is 0. The molecule has 0 N–H and O–H groups in total. The van der Waals surface area contributed by atoms with Crippen LogP contribution in [0.1, 0.15) is 54.2 Å². The van der Waals surface area contributed by atoms with Crippen LogP contribution in [0, 0.1) is 5.41 Å². The summed E-state index contributed by atoms with van der Waals surface area (Å²) < 4.78 is 0. The molecular formula is C50H42. The predicted octanol–water partition coefficient (Wildman–Crippen LogP) is 12.5. The molecule has 0 nitrogen and oxygen atoms in total. The maximum absolute atomic E-state index is 2.66. The largest absolute Gasteiger partial charge is 0.0730 e. The van der Waals surface area contributed by atoms with E-state index in [1.54, 1.807) is 0 Å². The van der Waals surface area contributed by atoms with Gasteiger partial charge in [-0.3, -0.25) is 0 Å².